The smallest absolute Gasteiger partial charge is 0.341 e. The molecular weight excluding hydrogens is 497 g/mol. The average molecular weight is 521 g/mol. The zero-order chi connectivity index (χ0) is 27.0. The highest BCUT2D eigenvalue weighted by molar-refractivity contribution is 5.77. The molecule has 3 heterocycles. The van der Waals surface area contributed by atoms with E-state index in [0.717, 1.165) is 25.0 Å². The molecule has 8 nitrogen and oxygen atoms in total. The van der Waals surface area contributed by atoms with Crippen molar-refractivity contribution >= 4 is 5.91 Å². The molecule has 2 aromatic carbocycles. The van der Waals surface area contributed by atoms with Gasteiger partial charge >= 0.3 is 11.9 Å². The fraction of sp³-hybridized carbons (Fsp3) is 0.259. The Morgan fingerprint density at radius 2 is 1.76 bits per heavy atom. The standard InChI is InChI=1S/C27H23F3N6O2/c1-18-25(23-11-12-32-36(23)21-9-7-19(16-31)8-10-21)34(17-24(37)33-13-2-3-14-33)26(38)35(18)22-6-4-5-20(15-22)27(28,29)30/h4-12,15H,2-3,13-14,17H2,1H3. The monoisotopic (exact) mass is 520 g/mol. The summed E-state index contributed by atoms with van der Waals surface area (Å²) in [4.78, 5) is 28.6. The molecule has 0 atom stereocenters. The van der Waals surface area contributed by atoms with Crippen molar-refractivity contribution in [3.63, 3.8) is 0 Å². The minimum atomic E-state index is -4.58. The van der Waals surface area contributed by atoms with E-state index in [-0.39, 0.29) is 18.1 Å². The van der Waals surface area contributed by atoms with Gasteiger partial charge in [0.25, 0.3) is 0 Å². The number of likely N-dealkylation sites (tertiary alicyclic amines) is 1. The van der Waals surface area contributed by atoms with Crippen molar-refractivity contribution in [2.75, 3.05) is 13.1 Å². The molecule has 0 aliphatic carbocycles. The minimum absolute atomic E-state index is 0.0420. The van der Waals surface area contributed by atoms with Gasteiger partial charge in [-0.1, -0.05) is 6.07 Å². The zero-order valence-electron chi connectivity index (χ0n) is 20.4. The molecule has 0 saturated carbocycles. The van der Waals surface area contributed by atoms with E-state index in [1.807, 2.05) is 0 Å². The van der Waals surface area contributed by atoms with Gasteiger partial charge < -0.3 is 4.90 Å². The first kappa shape index (κ1) is 25.1. The van der Waals surface area contributed by atoms with Gasteiger partial charge in [0, 0.05) is 13.1 Å². The first-order valence-electron chi connectivity index (χ1n) is 12.0. The van der Waals surface area contributed by atoms with Crippen molar-refractivity contribution in [3.8, 4) is 28.8 Å². The van der Waals surface area contributed by atoms with Crippen molar-refractivity contribution in [1.29, 1.82) is 5.26 Å². The molecule has 1 amide bonds. The normalized spacial score (nSPS) is 13.6. The fourth-order valence-corrected chi connectivity index (χ4v) is 4.82. The van der Waals surface area contributed by atoms with Crippen molar-refractivity contribution in [1.82, 2.24) is 23.8 Å². The van der Waals surface area contributed by atoms with Gasteiger partial charge in [0.05, 0.1) is 51.8 Å². The van der Waals surface area contributed by atoms with Crippen molar-refractivity contribution in [3.05, 3.63) is 88.1 Å². The summed E-state index contributed by atoms with van der Waals surface area (Å²) in [5.74, 6) is -0.239. The van der Waals surface area contributed by atoms with Crippen LogP contribution in [0.1, 0.15) is 29.7 Å². The van der Waals surface area contributed by atoms with E-state index in [1.54, 1.807) is 46.8 Å². The summed E-state index contributed by atoms with van der Waals surface area (Å²) >= 11 is 0. The third-order valence-electron chi connectivity index (χ3n) is 6.68. The van der Waals surface area contributed by atoms with Crippen LogP contribution in [0.4, 0.5) is 13.2 Å². The predicted molar refractivity (Wildman–Crippen MR) is 133 cm³/mol. The summed E-state index contributed by atoms with van der Waals surface area (Å²) < 4.78 is 44.4. The summed E-state index contributed by atoms with van der Waals surface area (Å²) in [5.41, 5.74) is 0.802. The van der Waals surface area contributed by atoms with Crippen LogP contribution in [0.5, 0.6) is 0 Å². The van der Waals surface area contributed by atoms with Crippen LogP contribution in [0.2, 0.25) is 0 Å². The molecule has 0 N–H and O–H groups in total. The topological polar surface area (TPSA) is 88.8 Å². The maximum atomic E-state index is 13.8. The average Bonchev–Trinajstić information content (AvgIpc) is 3.65. The third kappa shape index (κ3) is 4.49. The van der Waals surface area contributed by atoms with Crippen molar-refractivity contribution < 1.29 is 18.0 Å². The lowest BCUT2D eigenvalue weighted by atomic mass is 10.1. The number of alkyl halides is 3. The molecule has 0 bridgehead atoms. The van der Waals surface area contributed by atoms with E-state index in [0.29, 0.717) is 41.4 Å². The van der Waals surface area contributed by atoms with Gasteiger partial charge in [-0.3, -0.25) is 13.9 Å². The molecule has 1 fully saturated rings. The van der Waals surface area contributed by atoms with E-state index in [1.165, 1.54) is 27.5 Å². The molecule has 0 radical (unpaired) electrons. The quantitative estimate of drug-likeness (QED) is 0.392. The lowest BCUT2D eigenvalue weighted by Crippen LogP contribution is -2.35. The highest BCUT2D eigenvalue weighted by Gasteiger charge is 2.32. The number of rotatable bonds is 5. The Labute approximate surface area is 215 Å². The molecule has 38 heavy (non-hydrogen) atoms. The number of benzene rings is 2. The Kier molecular flexibility index (Phi) is 6.40. The van der Waals surface area contributed by atoms with Crippen LogP contribution < -0.4 is 5.69 Å². The molecule has 4 aromatic rings. The molecule has 1 aliphatic heterocycles. The number of hydrogen-bond acceptors (Lipinski definition) is 4. The highest BCUT2D eigenvalue weighted by atomic mass is 19.4. The number of halogens is 3. The number of carbonyl (C=O) groups is 1. The van der Waals surface area contributed by atoms with E-state index >= 15 is 0 Å². The van der Waals surface area contributed by atoms with Crippen LogP contribution in [0.15, 0.2) is 65.6 Å². The van der Waals surface area contributed by atoms with Gasteiger partial charge in [-0.25, -0.2) is 9.48 Å². The Hall–Kier alpha value is -4.59. The van der Waals surface area contributed by atoms with Crippen LogP contribution in [-0.4, -0.2) is 42.8 Å². The third-order valence-corrected chi connectivity index (χ3v) is 6.68. The molecule has 5 rings (SSSR count). The van der Waals surface area contributed by atoms with Crippen molar-refractivity contribution in [2.24, 2.45) is 0 Å². The molecule has 0 spiro atoms. The summed E-state index contributed by atoms with van der Waals surface area (Å²) in [5, 5.41) is 13.5. The number of aromatic nitrogens is 4. The Morgan fingerprint density at radius 3 is 2.42 bits per heavy atom. The van der Waals surface area contributed by atoms with Crippen LogP contribution in [0.3, 0.4) is 0 Å². The van der Waals surface area contributed by atoms with Gasteiger partial charge in [-0.2, -0.15) is 23.5 Å². The van der Waals surface area contributed by atoms with E-state index in [9.17, 15) is 22.8 Å². The van der Waals surface area contributed by atoms with Gasteiger partial charge in [0.1, 0.15) is 6.54 Å². The Balaban J connectivity index is 1.69. The molecule has 1 aliphatic rings. The number of nitrogens with zero attached hydrogens (tertiary/aromatic N) is 6. The number of hydrogen-bond donors (Lipinski definition) is 0. The lowest BCUT2D eigenvalue weighted by molar-refractivity contribution is -0.137. The summed E-state index contributed by atoms with van der Waals surface area (Å²) in [6, 6.07) is 14.9. The van der Waals surface area contributed by atoms with Crippen LogP contribution in [0.25, 0.3) is 22.8 Å². The first-order chi connectivity index (χ1) is 18.2. The number of carbonyl (C=O) groups excluding carboxylic acids is 1. The zero-order valence-corrected chi connectivity index (χ0v) is 20.4. The maximum Gasteiger partial charge on any atom is 0.416 e. The first-order valence-corrected chi connectivity index (χ1v) is 12.0. The second-order valence-electron chi connectivity index (χ2n) is 9.06. The number of nitriles is 1. The van der Waals surface area contributed by atoms with E-state index in [2.05, 4.69) is 11.2 Å². The molecule has 2 aromatic heterocycles. The lowest BCUT2D eigenvalue weighted by Gasteiger charge is -2.17. The Bertz CT molecular complexity index is 1600. The fourth-order valence-electron chi connectivity index (χ4n) is 4.82. The highest BCUT2D eigenvalue weighted by Crippen LogP contribution is 2.32. The molecule has 194 valence electrons. The SMILES string of the molecule is Cc1c(-c2ccnn2-c2ccc(C#N)cc2)n(CC(=O)N2CCCC2)c(=O)n1-c1cccc(C(F)(F)F)c1. The largest absolute Gasteiger partial charge is 0.416 e. The predicted octanol–water partition coefficient (Wildman–Crippen LogP) is 4.31. The molecule has 1 saturated heterocycles. The number of imidazole rings is 1. The van der Waals surface area contributed by atoms with E-state index < -0.39 is 17.4 Å². The van der Waals surface area contributed by atoms with Gasteiger partial charge in [0.15, 0.2) is 0 Å². The molecule has 11 heteroatoms. The second-order valence-corrected chi connectivity index (χ2v) is 9.06. The maximum absolute atomic E-state index is 13.8. The molecule has 0 unspecified atom stereocenters. The van der Waals surface area contributed by atoms with Crippen LogP contribution in [0, 0.1) is 18.3 Å². The summed E-state index contributed by atoms with van der Waals surface area (Å²) in [7, 11) is 0. The van der Waals surface area contributed by atoms with Gasteiger partial charge in [-0.15, -0.1) is 0 Å². The minimum Gasteiger partial charge on any atom is -0.341 e. The van der Waals surface area contributed by atoms with Gasteiger partial charge in [-0.05, 0) is 68.3 Å². The Morgan fingerprint density at radius 1 is 1.05 bits per heavy atom. The van der Waals surface area contributed by atoms with E-state index in [4.69, 9.17) is 5.26 Å². The molecular formula is C27H23F3N6O2. The second kappa shape index (κ2) is 9.70. The van der Waals surface area contributed by atoms with Crippen LogP contribution in [-0.2, 0) is 17.5 Å². The van der Waals surface area contributed by atoms with Crippen molar-refractivity contribution in [2.45, 2.75) is 32.5 Å². The summed E-state index contributed by atoms with van der Waals surface area (Å²) in [6.45, 7) is 2.56. The summed E-state index contributed by atoms with van der Waals surface area (Å²) in [6.07, 6.45) is -1.29. The van der Waals surface area contributed by atoms with Crippen LogP contribution >= 0.6 is 0 Å². The number of amides is 1. The van der Waals surface area contributed by atoms with Gasteiger partial charge in [0.2, 0.25) is 5.91 Å².